The third kappa shape index (κ3) is 1.52. The zero-order valence-corrected chi connectivity index (χ0v) is 7.88. The predicted octanol–water partition coefficient (Wildman–Crippen LogP) is 2.13. The van der Waals surface area contributed by atoms with E-state index in [1.54, 1.807) is 18.2 Å². The van der Waals surface area contributed by atoms with Crippen molar-refractivity contribution in [3.05, 3.63) is 30.0 Å². The Hall–Kier alpha value is -1.68. The first-order chi connectivity index (χ1) is 6.18. The van der Waals surface area contributed by atoms with Crippen LogP contribution in [0.5, 0.6) is 0 Å². The number of carbonyl (C=O) groups is 1. The Kier molecular flexibility index (Phi) is 2.67. The highest BCUT2D eigenvalue weighted by atomic mass is 35.5. The molecule has 2 rings (SSSR count). The highest BCUT2D eigenvalue weighted by Crippen LogP contribution is 2.24. The lowest BCUT2D eigenvalue weighted by Crippen LogP contribution is -1.91. The van der Waals surface area contributed by atoms with Gasteiger partial charge in [-0.1, -0.05) is 12.1 Å². The molecular weight excluding hydrogens is 206 g/mol. The molecule has 14 heavy (non-hydrogen) atoms. The molecule has 0 radical (unpaired) electrons. The van der Waals surface area contributed by atoms with Crippen LogP contribution in [0, 0.1) is 0 Å². The van der Waals surface area contributed by atoms with E-state index >= 15 is 0 Å². The Morgan fingerprint density at radius 3 is 2.71 bits per heavy atom. The molecule has 3 N–H and O–H groups in total. The maximum Gasteiger partial charge on any atom is 0.371 e. The van der Waals surface area contributed by atoms with Crippen LogP contribution in [0.15, 0.2) is 28.7 Å². The Bertz CT molecular complexity index is 478. The number of halogens is 1. The molecule has 0 aliphatic carbocycles. The number of nitrogen functional groups attached to an aromatic ring is 1. The average Bonchev–Trinajstić information content (AvgIpc) is 2.49. The number of para-hydroxylation sites is 1. The Balaban J connectivity index is 0.000000980. The van der Waals surface area contributed by atoms with Crippen molar-refractivity contribution < 1.29 is 14.3 Å². The second-order valence-electron chi connectivity index (χ2n) is 2.68. The van der Waals surface area contributed by atoms with Crippen LogP contribution in [0.2, 0.25) is 0 Å². The second-order valence-corrected chi connectivity index (χ2v) is 2.68. The fourth-order valence-electron chi connectivity index (χ4n) is 1.19. The molecule has 0 amide bonds. The van der Waals surface area contributed by atoms with Crippen molar-refractivity contribution in [3.63, 3.8) is 0 Å². The quantitative estimate of drug-likeness (QED) is 0.712. The zero-order valence-electron chi connectivity index (χ0n) is 7.06. The Morgan fingerprint density at radius 1 is 1.43 bits per heavy atom. The van der Waals surface area contributed by atoms with Gasteiger partial charge in [-0.05, 0) is 12.1 Å². The van der Waals surface area contributed by atoms with Crippen molar-refractivity contribution in [2.75, 3.05) is 5.73 Å². The van der Waals surface area contributed by atoms with E-state index in [1.807, 2.05) is 0 Å². The van der Waals surface area contributed by atoms with Gasteiger partial charge in [0.25, 0.3) is 0 Å². The molecule has 1 heterocycles. The molecular formula is C9H8ClNO3. The summed E-state index contributed by atoms with van der Waals surface area (Å²) in [4.78, 5) is 10.5. The van der Waals surface area contributed by atoms with E-state index in [9.17, 15) is 4.79 Å². The van der Waals surface area contributed by atoms with Crippen LogP contribution in [0.25, 0.3) is 11.0 Å². The second kappa shape index (κ2) is 3.59. The smallest absolute Gasteiger partial charge is 0.371 e. The van der Waals surface area contributed by atoms with Crippen LogP contribution in [0.3, 0.4) is 0 Å². The van der Waals surface area contributed by atoms with Crippen molar-refractivity contribution in [2.24, 2.45) is 0 Å². The number of benzene rings is 1. The van der Waals surface area contributed by atoms with Gasteiger partial charge in [0.15, 0.2) is 5.58 Å². The van der Waals surface area contributed by atoms with Gasteiger partial charge in [0.05, 0.1) is 5.69 Å². The van der Waals surface area contributed by atoms with Gasteiger partial charge in [-0.2, -0.15) is 0 Å². The number of carboxylic acid groups (broad SMARTS) is 1. The van der Waals surface area contributed by atoms with E-state index in [2.05, 4.69) is 0 Å². The summed E-state index contributed by atoms with van der Waals surface area (Å²) in [5.41, 5.74) is 6.46. The summed E-state index contributed by atoms with van der Waals surface area (Å²) in [7, 11) is 0. The number of furan rings is 1. The van der Waals surface area contributed by atoms with Crippen LogP contribution < -0.4 is 5.73 Å². The van der Waals surface area contributed by atoms with Gasteiger partial charge in [0.2, 0.25) is 5.76 Å². The summed E-state index contributed by atoms with van der Waals surface area (Å²) < 4.78 is 5.04. The average molecular weight is 214 g/mol. The topological polar surface area (TPSA) is 76.5 Å². The van der Waals surface area contributed by atoms with Crippen LogP contribution in [0.4, 0.5) is 5.69 Å². The lowest BCUT2D eigenvalue weighted by molar-refractivity contribution is 0.0665. The third-order valence-electron chi connectivity index (χ3n) is 1.79. The molecule has 0 unspecified atom stereocenters. The van der Waals surface area contributed by atoms with E-state index in [4.69, 9.17) is 15.3 Å². The number of hydrogen-bond donors (Lipinski definition) is 2. The van der Waals surface area contributed by atoms with E-state index in [0.29, 0.717) is 16.7 Å². The maximum atomic E-state index is 10.5. The summed E-state index contributed by atoms with van der Waals surface area (Å²) in [6.45, 7) is 0. The van der Waals surface area contributed by atoms with Gasteiger partial charge in [-0.15, -0.1) is 12.4 Å². The molecule has 2 aromatic rings. The normalized spacial score (nSPS) is 9.71. The largest absolute Gasteiger partial charge is 0.475 e. The minimum atomic E-state index is -1.09. The number of fused-ring (bicyclic) bond motifs is 1. The number of hydrogen-bond acceptors (Lipinski definition) is 3. The molecule has 0 aliphatic rings. The van der Waals surface area contributed by atoms with E-state index in [0.717, 1.165) is 0 Å². The molecule has 0 aliphatic heterocycles. The standard InChI is InChI=1S/C9H7NO3.ClH/c10-6-3-1-2-5-4-7(9(11)12)13-8(5)6;/h1-4H,10H2,(H,11,12);1H. The summed E-state index contributed by atoms with van der Waals surface area (Å²) in [6, 6.07) is 6.62. The van der Waals surface area contributed by atoms with E-state index in [-0.39, 0.29) is 18.2 Å². The van der Waals surface area contributed by atoms with Gasteiger partial charge < -0.3 is 15.3 Å². The van der Waals surface area contributed by atoms with Gasteiger partial charge in [-0.3, -0.25) is 0 Å². The summed E-state index contributed by atoms with van der Waals surface area (Å²) in [6.07, 6.45) is 0. The molecule has 4 nitrogen and oxygen atoms in total. The van der Waals surface area contributed by atoms with Crippen LogP contribution in [0.1, 0.15) is 10.6 Å². The van der Waals surface area contributed by atoms with Gasteiger partial charge in [-0.25, -0.2) is 4.79 Å². The van der Waals surface area contributed by atoms with Crippen molar-refractivity contribution in [1.29, 1.82) is 0 Å². The van der Waals surface area contributed by atoms with E-state index in [1.165, 1.54) is 6.07 Å². The fourth-order valence-corrected chi connectivity index (χ4v) is 1.19. The maximum absolute atomic E-state index is 10.5. The third-order valence-corrected chi connectivity index (χ3v) is 1.79. The lowest BCUT2D eigenvalue weighted by atomic mass is 10.2. The highest BCUT2D eigenvalue weighted by Gasteiger charge is 2.11. The molecule has 1 aromatic heterocycles. The van der Waals surface area contributed by atoms with Crippen LogP contribution in [-0.2, 0) is 0 Å². The van der Waals surface area contributed by atoms with Crippen molar-refractivity contribution >= 4 is 35.0 Å². The van der Waals surface area contributed by atoms with Gasteiger partial charge in [0.1, 0.15) is 0 Å². The molecule has 5 heteroatoms. The highest BCUT2D eigenvalue weighted by molar-refractivity contribution is 5.95. The number of aromatic carboxylic acids is 1. The molecule has 74 valence electrons. The van der Waals surface area contributed by atoms with Crippen LogP contribution in [-0.4, -0.2) is 11.1 Å². The molecule has 0 atom stereocenters. The summed E-state index contributed by atoms with van der Waals surface area (Å²) >= 11 is 0. The van der Waals surface area contributed by atoms with Crippen molar-refractivity contribution in [1.82, 2.24) is 0 Å². The fraction of sp³-hybridized carbons (Fsp3) is 0. The molecule has 1 aromatic carbocycles. The van der Waals surface area contributed by atoms with Crippen molar-refractivity contribution in [2.45, 2.75) is 0 Å². The van der Waals surface area contributed by atoms with Crippen LogP contribution >= 0.6 is 12.4 Å². The van der Waals surface area contributed by atoms with Gasteiger partial charge >= 0.3 is 5.97 Å². The van der Waals surface area contributed by atoms with E-state index < -0.39 is 5.97 Å². The molecule has 0 fully saturated rings. The Morgan fingerprint density at radius 2 is 2.14 bits per heavy atom. The molecule has 0 bridgehead atoms. The first-order valence-corrected chi connectivity index (χ1v) is 3.70. The number of anilines is 1. The minimum Gasteiger partial charge on any atom is -0.475 e. The molecule has 0 spiro atoms. The van der Waals surface area contributed by atoms with Gasteiger partial charge in [0, 0.05) is 5.39 Å². The summed E-state index contributed by atoms with van der Waals surface area (Å²) in [5, 5.41) is 9.35. The lowest BCUT2D eigenvalue weighted by Gasteiger charge is -1.91. The molecule has 0 saturated carbocycles. The number of rotatable bonds is 1. The molecule has 0 saturated heterocycles. The first-order valence-electron chi connectivity index (χ1n) is 3.70. The minimum absolute atomic E-state index is 0. The summed E-state index contributed by atoms with van der Waals surface area (Å²) in [5.74, 6) is -1.18. The van der Waals surface area contributed by atoms with Crippen molar-refractivity contribution in [3.8, 4) is 0 Å². The first kappa shape index (κ1) is 10.4. The Labute approximate surface area is 85.7 Å². The SMILES string of the molecule is Cl.Nc1cccc2cc(C(=O)O)oc12. The number of nitrogens with two attached hydrogens (primary N) is 1. The zero-order chi connectivity index (χ0) is 9.42. The number of carboxylic acids is 1. The predicted molar refractivity (Wildman–Crippen MR) is 54.8 cm³/mol. The monoisotopic (exact) mass is 213 g/mol.